The fourth-order valence-corrected chi connectivity index (χ4v) is 3.77. The normalized spacial score (nSPS) is 22.9. The highest BCUT2D eigenvalue weighted by atomic mass is 32.2. The second-order valence-corrected chi connectivity index (χ2v) is 6.87. The molecule has 7 nitrogen and oxygen atoms in total. The van der Waals surface area contributed by atoms with Crippen molar-refractivity contribution in [1.82, 2.24) is 4.90 Å². The van der Waals surface area contributed by atoms with Gasteiger partial charge in [-0.3, -0.25) is 9.59 Å². The highest BCUT2D eigenvalue weighted by Crippen LogP contribution is 2.19. The number of ether oxygens (including phenoxy) is 1. The van der Waals surface area contributed by atoms with Crippen LogP contribution >= 0.6 is 0 Å². The largest absolute Gasteiger partial charge is 0.481 e. The van der Waals surface area contributed by atoms with Crippen LogP contribution in [0.1, 0.15) is 13.3 Å². The van der Waals surface area contributed by atoms with Gasteiger partial charge in [0.1, 0.15) is 5.92 Å². The van der Waals surface area contributed by atoms with Crippen LogP contribution in [0.3, 0.4) is 0 Å². The molecule has 1 heterocycles. The minimum absolute atomic E-state index is 0.0376. The van der Waals surface area contributed by atoms with Crippen molar-refractivity contribution >= 4 is 21.7 Å². The quantitative estimate of drug-likeness (QED) is 0.654. The summed E-state index contributed by atoms with van der Waals surface area (Å²) in [5.74, 6) is -3.02. The van der Waals surface area contributed by atoms with Crippen molar-refractivity contribution in [2.24, 2.45) is 5.92 Å². The van der Waals surface area contributed by atoms with Crippen LogP contribution in [0.4, 0.5) is 0 Å². The summed E-state index contributed by atoms with van der Waals surface area (Å²) in [5.41, 5.74) is 0. The highest BCUT2D eigenvalue weighted by Gasteiger charge is 2.37. The van der Waals surface area contributed by atoms with Gasteiger partial charge in [-0.1, -0.05) is 0 Å². The first kappa shape index (κ1) is 15.9. The van der Waals surface area contributed by atoms with Gasteiger partial charge in [-0.25, -0.2) is 8.42 Å². The van der Waals surface area contributed by atoms with E-state index in [9.17, 15) is 18.0 Å². The van der Waals surface area contributed by atoms with Crippen LogP contribution in [-0.2, 0) is 24.2 Å². The Bertz CT molecular complexity index is 446. The number of amides is 1. The molecule has 0 aliphatic carbocycles. The Morgan fingerprint density at radius 3 is 2.53 bits per heavy atom. The molecule has 1 rings (SSSR count). The zero-order valence-corrected chi connectivity index (χ0v) is 11.9. The van der Waals surface area contributed by atoms with Gasteiger partial charge >= 0.3 is 5.97 Å². The molecule has 1 aliphatic rings. The van der Waals surface area contributed by atoms with Gasteiger partial charge < -0.3 is 14.7 Å². The number of methoxy groups -OCH3 is 1. The molecule has 1 aliphatic heterocycles. The van der Waals surface area contributed by atoms with Crippen molar-refractivity contribution in [3.63, 3.8) is 0 Å². The van der Waals surface area contributed by atoms with E-state index < -0.39 is 33.7 Å². The van der Waals surface area contributed by atoms with Gasteiger partial charge in [0.25, 0.3) is 0 Å². The molecule has 0 aromatic rings. The summed E-state index contributed by atoms with van der Waals surface area (Å²) < 4.78 is 27.8. The first-order valence-corrected chi connectivity index (χ1v) is 7.83. The van der Waals surface area contributed by atoms with Crippen molar-refractivity contribution in [3.05, 3.63) is 0 Å². The Morgan fingerprint density at radius 2 is 2.11 bits per heavy atom. The second-order valence-electron chi connectivity index (χ2n) is 4.64. The molecule has 1 amide bonds. The summed E-state index contributed by atoms with van der Waals surface area (Å²) in [5, 5.41) is 8.88. The van der Waals surface area contributed by atoms with Gasteiger partial charge in [0.2, 0.25) is 5.91 Å². The molecule has 1 N–H and O–H groups in total. The Hall–Kier alpha value is -1.15. The SMILES string of the molecule is COCCN(C(=O)C(C)C(=O)O)C1CCS(=O)(=O)C1. The van der Waals surface area contributed by atoms with Crippen molar-refractivity contribution in [3.8, 4) is 0 Å². The smallest absolute Gasteiger partial charge is 0.315 e. The van der Waals surface area contributed by atoms with Crippen LogP contribution in [-0.4, -0.2) is 68.1 Å². The Morgan fingerprint density at radius 1 is 1.47 bits per heavy atom. The zero-order valence-electron chi connectivity index (χ0n) is 11.0. The van der Waals surface area contributed by atoms with E-state index in [0.29, 0.717) is 6.42 Å². The maximum Gasteiger partial charge on any atom is 0.315 e. The molecule has 0 aromatic carbocycles. The van der Waals surface area contributed by atoms with E-state index in [0.717, 1.165) is 0 Å². The molecular formula is C11H19NO6S. The average Bonchev–Trinajstić information content (AvgIpc) is 2.68. The number of carboxylic acids is 1. The lowest BCUT2D eigenvalue weighted by Gasteiger charge is -2.29. The van der Waals surface area contributed by atoms with Crippen LogP contribution in [0.2, 0.25) is 0 Å². The van der Waals surface area contributed by atoms with Gasteiger partial charge in [0.05, 0.1) is 18.1 Å². The number of carboxylic acid groups (broad SMARTS) is 1. The van der Waals surface area contributed by atoms with E-state index in [1.54, 1.807) is 0 Å². The van der Waals surface area contributed by atoms with Crippen LogP contribution in [0.15, 0.2) is 0 Å². The van der Waals surface area contributed by atoms with E-state index >= 15 is 0 Å². The van der Waals surface area contributed by atoms with Gasteiger partial charge in [0.15, 0.2) is 9.84 Å². The second kappa shape index (κ2) is 6.33. The molecule has 2 atom stereocenters. The number of nitrogens with zero attached hydrogens (tertiary/aromatic N) is 1. The number of rotatable bonds is 6. The van der Waals surface area contributed by atoms with Crippen LogP contribution < -0.4 is 0 Å². The molecular weight excluding hydrogens is 274 g/mol. The number of hydrogen-bond acceptors (Lipinski definition) is 5. The summed E-state index contributed by atoms with van der Waals surface area (Å²) >= 11 is 0. The molecule has 0 saturated carbocycles. The third kappa shape index (κ3) is 4.17. The lowest BCUT2D eigenvalue weighted by Crippen LogP contribution is -2.46. The zero-order chi connectivity index (χ0) is 14.6. The fraction of sp³-hybridized carbons (Fsp3) is 0.818. The predicted octanol–water partition coefficient (Wildman–Crippen LogP) is -0.631. The minimum atomic E-state index is -3.13. The fourth-order valence-electron chi connectivity index (χ4n) is 2.04. The maximum absolute atomic E-state index is 12.1. The van der Waals surface area contributed by atoms with E-state index in [4.69, 9.17) is 9.84 Å². The van der Waals surface area contributed by atoms with Gasteiger partial charge in [0, 0.05) is 19.7 Å². The van der Waals surface area contributed by atoms with E-state index in [1.165, 1.54) is 18.9 Å². The van der Waals surface area contributed by atoms with Crippen molar-refractivity contribution < 1.29 is 27.9 Å². The Kier molecular flexibility index (Phi) is 5.30. The van der Waals surface area contributed by atoms with E-state index in [-0.39, 0.29) is 24.7 Å². The van der Waals surface area contributed by atoms with Crippen molar-refractivity contribution in [2.75, 3.05) is 31.8 Å². The maximum atomic E-state index is 12.1. The molecule has 110 valence electrons. The van der Waals surface area contributed by atoms with Gasteiger partial charge in [-0.05, 0) is 13.3 Å². The summed E-state index contributed by atoms with van der Waals surface area (Å²) in [6.45, 7) is 1.75. The third-order valence-corrected chi connectivity index (χ3v) is 4.96. The molecule has 19 heavy (non-hydrogen) atoms. The molecule has 8 heteroatoms. The molecule has 2 unspecified atom stereocenters. The van der Waals surface area contributed by atoms with Gasteiger partial charge in [-0.15, -0.1) is 0 Å². The standard InChI is InChI=1S/C11H19NO6S/c1-8(11(14)15)10(13)12(4-5-18-2)9-3-6-19(16,17)7-9/h8-9H,3-7H2,1-2H3,(H,14,15). The summed E-state index contributed by atoms with van der Waals surface area (Å²) in [4.78, 5) is 24.3. The van der Waals surface area contributed by atoms with Crippen LogP contribution in [0.5, 0.6) is 0 Å². The molecule has 0 radical (unpaired) electrons. The Balaban J connectivity index is 2.83. The lowest BCUT2D eigenvalue weighted by atomic mass is 10.1. The first-order valence-electron chi connectivity index (χ1n) is 6.01. The summed E-state index contributed by atoms with van der Waals surface area (Å²) in [6, 6.07) is -0.450. The monoisotopic (exact) mass is 293 g/mol. The molecule has 0 spiro atoms. The van der Waals surface area contributed by atoms with Crippen molar-refractivity contribution in [1.29, 1.82) is 0 Å². The third-order valence-electron chi connectivity index (χ3n) is 3.21. The van der Waals surface area contributed by atoms with E-state index in [2.05, 4.69) is 0 Å². The van der Waals surface area contributed by atoms with Crippen LogP contribution in [0.25, 0.3) is 0 Å². The number of sulfone groups is 1. The lowest BCUT2D eigenvalue weighted by molar-refractivity contribution is -0.151. The average molecular weight is 293 g/mol. The number of hydrogen-bond donors (Lipinski definition) is 1. The first-order chi connectivity index (χ1) is 8.78. The molecule has 1 saturated heterocycles. The summed E-state index contributed by atoms with van der Waals surface area (Å²) in [6.07, 6.45) is 0.351. The Labute approximate surface area is 112 Å². The van der Waals surface area contributed by atoms with Gasteiger partial charge in [-0.2, -0.15) is 0 Å². The number of carbonyl (C=O) groups excluding carboxylic acids is 1. The topological polar surface area (TPSA) is 101 Å². The molecule has 0 bridgehead atoms. The molecule has 0 aromatic heterocycles. The predicted molar refractivity (Wildman–Crippen MR) is 67.4 cm³/mol. The highest BCUT2D eigenvalue weighted by molar-refractivity contribution is 7.91. The van der Waals surface area contributed by atoms with Crippen molar-refractivity contribution in [2.45, 2.75) is 19.4 Å². The minimum Gasteiger partial charge on any atom is -0.481 e. The summed E-state index contributed by atoms with van der Waals surface area (Å²) in [7, 11) is -1.66. The molecule has 1 fully saturated rings. The van der Waals surface area contributed by atoms with Crippen LogP contribution in [0, 0.1) is 5.92 Å². The number of carbonyl (C=O) groups is 2. The van der Waals surface area contributed by atoms with E-state index in [1.807, 2.05) is 0 Å². The number of aliphatic carboxylic acids is 1.